The second-order valence-corrected chi connectivity index (χ2v) is 3.17. The lowest BCUT2D eigenvalue weighted by Crippen LogP contribution is -2.04. The fourth-order valence-corrected chi connectivity index (χ4v) is 0.890. The normalized spacial score (nSPS) is 13.2. The summed E-state index contributed by atoms with van der Waals surface area (Å²) in [6, 6.07) is 0. The van der Waals surface area contributed by atoms with Gasteiger partial charge in [-0.15, -0.1) is 16.7 Å². The number of alkyl halides is 1. The highest BCUT2D eigenvalue weighted by Crippen LogP contribution is 2.14. The lowest BCUT2D eigenvalue weighted by atomic mass is 10.4. The summed E-state index contributed by atoms with van der Waals surface area (Å²) in [6.45, 7) is 3.22. The first-order valence-electron chi connectivity index (χ1n) is 3.77. The van der Waals surface area contributed by atoms with Crippen molar-refractivity contribution in [1.82, 2.24) is 15.0 Å². The number of ether oxygens (including phenoxy) is 1. The van der Waals surface area contributed by atoms with Crippen molar-refractivity contribution < 1.29 is 4.74 Å². The van der Waals surface area contributed by atoms with Gasteiger partial charge in [0.2, 0.25) is 0 Å². The predicted octanol–water partition coefficient (Wildman–Crippen LogP) is 1.22. The topological polar surface area (TPSA) is 39.9 Å². The van der Waals surface area contributed by atoms with Crippen LogP contribution in [0.5, 0.6) is 0 Å². The Kier molecular flexibility index (Phi) is 3.49. The van der Waals surface area contributed by atoms with Crippen LogP contribution in [0.25, 0.3) is 0 Å². The van der Waals surface area contributed by atoms with Crippen molar-refractivity contribution in [3.8, 4) is 0 Å². The molecule has 0 saturated carbocycles. The Balaban J connectivity index is 2.52. The molecule has 1 unspecified atom stereocenters. The molecule has 0 N–H and O–H groups in total. The molecule has 0 saturated heterocycles. The van der Waals surface area contributed by atoms with E-state index in [-0.39, 0.29) is 5.38 Å². The summed E-state index contributed by atoms with van der Waals surface area (Å²) in [5, 5.41) is 7.69. The highest BCUT2D eigenvalue weighted by Gasteiger charge is 2.05. The molecule has 0 amide bonds. The van der Waals surface area contributed by atoms with E-state index in [1.807, 2.05) is 13.1 Å². The van der Waals surface area contributed by atoms with Crippen molar-refractivity contribution in [1.29, 1.82) is 0 Å². The van der Waals surface area contributed by atoms with Crippen molar-refractivity contribution in [2.45, 2.75) is 18.8 Å². The third-order valence-electron chi connectivity index (χ3n) is 1.49. The number of hydrogen-bond donors (Lipinski definition) is 0. The summed E-state index contributed by atoms with van der Waals surface area (Å²) < 4.78 is 6.61. The van der Waals surface area contributed by atoms with Crippen LogP contribution < -0.4 is 0 Å². The molecular formula is C7H12ClN3O. The average molecular weight is 190 g/mol. The Labute approximate surface area is 76.5 Å². The first-order chi connectivity index (χ1) is 5.74. The van der Waals surface area contributed by atoms with Crippen LogP contribution in [0.15, 0.2) is 6.20 Å². The minimum atomic E-state index is -0.0821. The largest absolute Gasteiger partial charge is 0.383 e. The molecule has 0 aliphatic rings. The van der Waals surface area contributed by atoms with Gasteiger partial charge in [0.25, 0.3) is 0 Å². The molecule has 0 spiro atoms. The highest BCUT2D eigenvalue weighted by molar-refractivity contribution is 6.20. The highest BCUT2D eigenvalue weighted by atomic mass is 35.5. The summed E-state index contributed by atoms with van der Waals surface area (Å²) in [4.78, 5) is 0. The maximum Gasteiger partial charge on any atom is 0.100 e. The van der Waals surface area contributed by atoms with E-state index in [1.165, 1.54) is 0 Å². The van der Waals surface area contributed by atoms with Crippen molar-refractivity contribution in [2.24, 2.45) is 0 Å². The molecule has 0 fully saturated rings. The quantitative estimate of drug-likeness (QED) is 0.669. The molecule has 0 aliphatic carbocycles. The zero-order valence-corrected chi connectivity index (χ0v) is 7.95. The van der Waals surface area contributed by atoms with Crippen LogP contribution in [0.3, 0.4) is 0 Å². The van der Waals surface area contributed by atoms with Crippen LogP contribution in [-0.4, -0.2) is 28.7 Å². The number of nitrogens with zero attached hydrogens (tertiary/aromatic N) is 3. The molecule has 1 aromatic heterocycles. The van der Waals surface area contributed by atoms with Gasteiger partial charge in [0.05, 0.1) is 24.7 Å². The lowest BCUT2D eigenvalue weighted by molar-refractivity contribution is 0.183. The first-order valence-corrected chi connectivity index (χ1v) is 4.20. The number of hydrogen-bond acceptors (Lipinski definition) is 3. The average Bonchev–Trinajstić information content (AvgIpc) is 2.48. The van der Waals surface area contributed by atoms with Crippen LogP contribution in [0.4, 0.5) is 0 Å². The van der Waals surface area contributed by atoms with E-state index in [0.29, 0.717) is 13.2 Å². The van der Waals surface area contributed by atoms with Gasteiger partial charge in [-0.2, -0.15) is 0 Å². The van der Waals surface area contributed by atoms with E-state index in [9.17, 15) is 0 Å². The molecule has 1 rings (SSSR count). The Morgan fingerprint density at radius 3 is 3.00 bits per heavy atom. The van der Waals surface area contributed by atoms with Gasteiger partial charge in [-0.3, -0.25) is 0 Å². The van der Waals surface area contributed by atoms with Crippen LogP contribution in [0, 0.1) is 0 Å². The van der Waals surface area contributed by atoms with Crippen LogP contribution in [0.2, 0.25) is 0 Å². The molecule has 0 radical (unpaired) electrons. The van der Waals surface area contributed by atoms with Gasteiger partial charge >= 0.3 is 0 Å². The van der Waals surface area contributed by atoms with Gasteiger partial charge in [-0.25, -0.2) is 4.68 Å². The Morgan fingerprint density at radius 2 is 2.50 bits per heavy atom. The molecule has 0 aliphatic heterocycles. The molecule has 4 nitrogen and oxygen atoms in total. The van der Waals surface area contributed by atoms with E-state index < -0.39 is 0 Å². The second-order valence-electron chi connectivity index (χ2n) is 2.52. The van der Waals surface area contributed by atoms with E-state index in [1.54, 1.807) is 11.8 Å². The van der Waals surface area contributed by atoms with Crippen molar-refractivity contribution >= 4 is 11.6 Å². The standard InChI is InChI=1S/C7H12ClN3O/c1-6(8)7-5-11(10-9-7)3-4-12-2/h5-6H,3-4H2,1-2H3. The molecule has 5 heteroatoms. The van der Waals surface area contributed by atoms with Gasteiger partial charge in [0, 0.05) is 7.11 Å². The molecule has 0 aromatic carbocycles. The van der Waals surface area contributed by atoms with Crippen molar-refractivity contribution in [3.05, 3.63) is 11.9 Å². The molecule has 12 heavy (non-hydrogen) atoms. The smallest absolute Gasteiger partial charge is 0.100 e. The molecular weight excluding hydrogens is 178 g/mol. The number of aromatic nitrogens is 3. The molecule has 1 aromatic rings. The molecule has 0 bridgehead atoms. The Hall–Kier alpha value is -0.610. The Bertz CT molecular complexity index is 236. The third-order valence-corrected chi connectivity index (χ3v) is 1.71. The zero-order chi connectivity index (χ0) is 8.97. The summed E-state index contributed by atoms with van der Waals surface area (Å²) in [5.74, 6) is 0. The van der Waals surface area contributed by atoms with Crippen LogP contribution in [-0.2, 0) is 11.3 Å². The van der Waals surface area contributed by atoms with Gasteiger partial charge in [-0.1, -0.05) is 5.21 Å². The van der Waals surface area contributed by atoms with E-state index in [0.717, 1.165) is 5.69 Å². The van der Waals surface area contributed by atoms with E-state index in [2.05, 4.69) is 10.3 Å². The first kappa shape index (κ1) is 9.48. The maximum atomic E-state index is 5.80. The van der Waals surface area contributed by atoms with Gasteiger partial charge in [-0.05, 0) is 6.92 Å². The Morgan fingerprint density at radius 1 is 1.75 bits per heavy atom. The third kappa shape index (κ3) is 2.46. The second kappa shape index (κ2) is 4.42. The monoisotopic (exact) mass is 189 g/mol. The number of rotatable bonds is 4. The van der Waals surface area contributed by atoms with E-state index in [4.69, 9.17) is 16.3 Å². The van der Waals surface area contributed by atoms with Crippen molar-refractivity contribution in [2.75, 3.05) is 13.7 Å². The van der Waals surface area contributed by atoms with Gasteiger partial charge in [0.1, 0.15) is 5.69 Å². The zero-order valence-electron chi connectivity index (χ0n) is 7.20. The van der Waals surface area contributed by atoms with E-state index >= 15 is 0 Å². The van der Waals surface area contributed by atoms with Crippen LogP contribution >= 0.6 is 11.6 Å². The maximum absolute atomic E-state index is 5.80. The summed E-state index contributed by atoms with van der Waals surface area (Å²) in [7, 11) is 1.65. The summed E-state index contributed by atoms with van der Waals surface area (Å²) >= 11 is 5.80. The molecule has 1 heterocycles. The summed E-state index contributed by atoms with van der Waals surface area (Å²) in [6.07, 6.45) is 1.83. The van der Waals surface area contributed by atoms with Gasteiger partial charge < -0.3 is 4.74 Å². The predicted molar refractivity (Wildman–Crippen MR) is 46.2 cm³/mol. The SMILES string of the molecule is COCCn1cc(C(C)Cl)nn1. The van der Waals surface area contributed by atoms with Gasteiger partial charge in [0.15, 0.2) is 0 Å². The molecule has 68 valence electrons. The number of methoxy groups -OCH3 is 1. The fraction of sp³-hybridized carbons (Fsp3) is 0.714. The minimum Gasteiger partial charge on any atom is -0.383 e. The van der Waals surface area contributed by atoms with Crippen molar-refractivity contribution in [3.63, 3.8) is 0 Å². The minimum absolute atomic E-state index is 0.0821. The summed E-state index contributed by atoms with van der Waals surface area (Å²) in [5.41, 5.74) is 0.799. The number of halogens is 1. The molecule has 1 atom stereocenters. The lowest BCUT2D eigenvalue weighted by Gasteiger charge is -1.97. The van der Waals surface area contributed by atoms with Crippen LogP contribution in [0.1, 0.15) is 18.0 Å². The fourth-order valence-electron chi connectivity index (χ4n) is 0.790.